The predicted octanol–water partition coefficient (Wildman–Crippen LogP) is 4.76. The number of anilines is 2. The van der Waals surface area contributed by atoms with E-state index in [1.807, 2.05) is 42.5 Å². The van der Waals surface area contributed by atoms with Crippen molar-refractivity contribution in [3.05, 3.63) is 76.3 Å². The van der Waals surface area contributed by atoms with Crippen molar-refractivity contribution in [2.24, 2.45) is 0 Å². The fourth-order valence-electron chi connectivity index (χ4n) is 3.25. The second-order valence-electron chi connectivity index (χ2n) is 6.07. The van der Waals surface area contributed by atoms with Gasteiger partial charge in [0.15, 0.2) is 0 Å². The zero-order chi connectivity index (χ0) is 17.6. The highest BCUT2D eigenvalue weighted by Crippen LogP contribution is 2.32. The van der Waals surface area contributed by atoms with Gasteiger partial charge in [-0.15, -0.1) is 24.8 Å². The molecule has 0 bridgehead atoms. The molecule has 0 aliphatic carbocycles. The number of nitrogens with zero attached hydrogens (tertiary/aromatic N) is 2. The topological polar surface area (TPSA) is 100 Å². The van der Waals surface area contributed by atoms with E-state index in [1.165, 1.54) is 6.07 Å². The molecule has 27 heavy (non-hydrogen) atoms. The number of rotatable bonds is 3. The third kappa shape index (κ3) is 3.63. The van der Waals surface area contributed by atoms with Crippen molar-refractivity contribution in [3.8, 4) is 0 Å². The lowest BCUT2D eigenvalue weighted by Crippen LogP contribution is -2.01. The van der Waals surface area contributed by atoms with Crippen molar-refractivity contribution in [1.29, 1.82) is 0 Å². The van der Waals surface area contributed by atoms with E-state index in [-0.39, 0.29) is 35.4 Å². The molecule has 0 spiro atoms. The molecule has 0 amide bonds. The molecule has 0 aliphatic heterocycles. The normalized spacial score (nSPS) is 10.4. The van der Waals surface area contributed by atoms with Gasteiger partial charge in [0.1, 0.15) is 0 Å². The maximum atomic E-state index is 11.0. The van der Waals surface area contributed by atoms with Crippen LogP contribution in [-0.2, 0) is 6.54 Å². The Labute approximate surface area is 167 Å². The molecule has 4 rings (SSSR count). The van der Waals surface area contributed by atoms with Crippen LogP contribution < -0.4 is 11.5 Å². The summed E-state index contributed by atoms with van der Waals surface area (Å²) < 4.78 is 2.09. The lowest BCUT2D eigenvalue weighted by Gasteiger charge is -2.08. The molecular weight excluding hydrogens is 387 g/mol. The number of non-ortho nitro benzene ring substituents is 1. The first kappa shape index (κ1) is 20.4. The van der Waals surface area contributed by atoms with Crippen LogP contribution in [0.25, 0.3) is 21.8 Å². The first-order valence-electron chi connectivity index (χ1n) is 7.83. The Morgan fingerprint density at radius 2 is 1.41 bits per heavy atom. The van der Waals surface area contributed by atoms with E-state index in [0.29, 0.717) is 17.9 Å². The lowest BCUT2D eigenvalue weighted by molar-refractivity contribution is -0.384. The van der Waals surface area contributed by atoms with Crippen LogP contribution in [0.5, 0.6) is 0 Å². The fraction of sp³-hybridized carbons (Fsp3) is 0.0526. The zero-order valence-electron chi connectivity index (χ0n) is 14.2. The lowest BCUT2D eigenvalue weighted by atomic mass is 10.1. The van der Waals surface area contributed by atoms with Gasteiger partial charge in [-0.3, -0.25) is 10.1 Å². The molecule has 4 aromatic rings. The Morgan fingerprint density at radius 1 is 0.852 bits per heavy atom. The average molecular weight is 405 g/mol. The zero-order valence-corrected chi connectivity index (χ0v) is 15.8. The molecule has 140 valence electrons. The van der Waals surface area contributed by atoms with Gasteiger partial charge in [0, 0.05) is 40.8 Å². The molecule has 8 heteroatoms. The summed E-state index contributed by atoms with van der Waals surface area (Å²) >= 11 is 0. The van der Waals surface area contributed by atoms with Crippen LogP contribution in [0.1, 0.15) is 5.56 Å². The average Bonchev–Trinajstić information content (AvgIpc) is 2.88. The minimum atomic E-state index is -0.384. The Balaban J connectivity index is 0.00000131. The highest BCUT2D eigenvalue weighted by Gasteiger charge is 2.13. The van der Waals surface area contributed by atoms with Crippen molar-refractivity contribution in [1.82, 2.24) is 4.57 Å². The standard InChI is InChI=1S/C19H16N4O2.2ClH/c20-13-4-6-16-17-7-5-14(21)10-19(17)22(18(16)9-13)11-12-2-1-3-15(8-12)23(24)25;;/h1-10H,11,20-21H2;2*1H. The Morgan fingerprint density at radius 3 is 1.93 bits per heavy atom. The summed E-state index contributed by atoms with van der Waals surface area (Å²) in [7, 11) is 0. The van der Waals surface area contributed by atoms with Gasteiger partial charge < -0.3 is 16.0 Å². The quantitative estimate of drug-likeness (QED) is 0.292. The number of aromatic nitrogens is 1. The number of hydrogen-bond donors (Lipinski definition) is 2. The number of benzene rings is 3. The van der Waals surface area contributed by atoms with Gasteiger partial charge in [0.05, 0.1) is 16.0 Å². The summed E-state index contributed by atoms with van der Waals surface area (Å²) in [6.45, 7) is 0.495. The molecule has 3 aromatic carbocycles. The van der Waals surface area contributed by atoms with E-state index < -0.39 is 0 Å². The minimum Gasteiger partial charge on any atom is -0.399 e. The molecular formula is C19H18Cl2N4O2. The van der Waals surface area contributed by atoms with Crippen LogP contribution in [0.3, 0.4) is 0 Å². The Kier molecular flexibility index (Phi) is 5.83. The monoisotopic (exact) mass is 404 g/mol. The molecule has 1 aromatic heterocycles. The van der Waals surface area contributed by atoms with Crippen LogP contribution in [0.4, 0.5) is 17.1 Å². The van der Waals surface area contributed by atoms with E-state index in [0.717, 1.165) is 27.4 Å². The smallest absolute Gasteiger partial charge is 0.269 e. The van der Waals surface area contributed by atoms with E-state index >= 15 is 0 Å². The highest BCUT2D eigenvalue weighted by atomic mass is 35.5. The molecule has 0 aliphatic rings. The number of fused-ring (bicyclic) bond motifs is 3. The highest BCUT2D eigenvalue weighted by molar-refractivity contribution is 6.09. The summed E-state index contributed by atoms with van der Waals surface area (Å²) in [6, 6.07) is 18.2. The maximum absolute atomic E-state index is 11.0. The Bertz CT molecular complexity index is 1080. The van der Waals surface area contributed by atoms with Crippen LogP contribution >= 0.6 is 24.8 Å². The number of nitrogen functional groups attached to an aromatic ring is 2. The molecule has 0 atom stereocenters. The molecule has 0 unspecified atom stereocenters. The van der Waals surface area contributed by atoms with Crippen LogP contribution in [-0.4, -0.2) is 9.49 Å². The second-order valence-corrected chi connectivity index (χ2v) is 6.07. The van der Waals surface area contributed by atoms with Crippen molar-refractivity contribution < 1.29 is 4.92 Å². The number of halogens is 2. The fourth-order valence-corrected chi connectivity index (χ4v) is 3.25. The number of nitrogens with two attached hydrogens (primary N) is 2. The maximum Gasteiger partial charge on any atom is 0.269 e. The summed E-state index contributed by atoms with van der Waals surface area (Å²) in [5, 5.41) is 13.2. The van der Waals surface area contributed by atoms with E-state index in [2.05, 4.69) is 4.57 Å². The molecule has 0 radical (unpaired) electrons. The third-order valence-electron chi connectivity index (χ3n) is 4.38. The van der Waals surface area contributed by atoms with E-state index in [9.17, 15) is 10.1 Å². The van der Waals surface area contributed by atoms with Crippen molar-refractivity contribution in [2.75, 3.05) is 11.5 Å². The number of nitro benzene ring substituents is 1. The number of nitro groups is 1. The molecule has 0 saturated heterocycles. The summed E-state index contributed by atoms with van der Waals surface area (Å²) in [5.41, 5.74) is 16.2. The molecule has 0 fully saturated rings. The van der Waals surface area contributed by atoms with E-state index in [1.54, 1.807) is 12.1 Å². The second kappa shape index (κ2) is 7.73. The summed E-state index contributed by atoms with van der Waals surface area (Å²) in [6.07, 6.45) is 0. The molecule has 1 heterocycles. The first-order chi connectivity index (χ1) is 12.0. The first-order valence-corrected chi connectivity index (χ1v) is 7.83. The van der Waals surface area contributed by atoms with Gasteiger partial charge in [0.25, 0.3) is 5.69 Å². The van der Waals surface area contributed by atoms with Gasteiger partial charge in [-0.05, 0) is 29.8 Å². The third-order valence-corrected chi connectivity index (χ3v) is 4.38. The van der Waals surface area contributed by atoms with Crippen molar-refractivity contribution >= 4 is 63.7 Å². The van der Waals surface area contributed by atoms with Gasteiger partial charge in [-0.25, -0.2) is 0 Å². The molecule has 6 nitrogen and oxygen atoms in total. The van der Waals surface area contributed by atoms with Crippen LogP contribution in [0.15, 0.2) is 60.7 Å². The van der Waals surface area contributed by atoms with Crippen molar-refractivity contribution in [2.45, 2.75) is 6.54 Å². The van der Waals surface area contributed by atoms with Gasteiger partial charge in [0.2, 0.25) is 0 Å². The van der Waals surface area contributed by atoms with Crippen LogP contribution in [0.2, 0.25) is 0 Å². The SMILES string of the molecule is Cl.Cl.Nc1ccc2c3ccc(N)cc3n(Cc3cccc([N+](=O)[O-])c3)c2c1. The Hall–Kier alpha value is -2.96. The minimum absolute atomic E-state index is 0. The van der Waals surface area contributed by atoms with Gasteiger partial charge >= 0.3 is 0 Å². The van der Waals surface area contributed by atoms with Gasteiger partial charge in [-0.1, -0.05) is 24.3 Å². The predicted molar refractivity (Wildman–Crippen MR) is 115 cm³/mol. The summed E-state index contributed by atoms with van der Waals surface area (Å²) in [5.74, 6) is 0. The molecule has 4 N–H and O–H groups in total. The molecule has 0 saturated carbocycles. The number of hydrogen-bond acceptors (Lipinski definition) is 4. The summed E-state index contributed by atoms with van der Waals surface area (Å²) in [4.78, 5) is 10.7. The van der Waals surface area contributed by atoms with Crippen molar-refractivity contribution in [3.63, 3.8) is 0 Å². The largest absolute Gasteiger partial charge is 0.399 e. The van der Waals surface area contributed by atoms with Gasteiger partial charge in [-0.2, -0.15) is 0 Å². The van der Waals surface area contributed by atoms with Crippen LogP contribution in [0, 0.1) is 10.1 Å². The van der Waals surface area contributed by atoms with E-state index in [4.69, 9.17) is 11.5 Å².